The molecule has 0 unspecified atom stereocenters. The lowest BCUT2D eigenvalue weighted by Gasteiger charge is -2.10. The SMILES string of the molecule is Cc1c(O)ccc2c(-c3ccccc3F)cc(=O)[nH]c12. The number of rotatable bonds is 1. The smallest absolute Gasteiger partial charge is 0.249 e. The highest BCUT2D eigenvalue weighted by atomic mass is 19.1. The van der Waals surface area contributed by atoms with Gasteiger partial charge in [0.25, 0.3) is 0 Å². The van der Waals surface area contributed by atoms with E-state index in [9.17, 15) is 14.3 Å². The molecule has 3 aromatic rings. The Bertz CT molecular complexity index is 868. The fourth-order valence-electron chi connectivity index (χ4n) is 2.36. The Morgan fingerprint density at radius 2 is 1.85 bits per heavy atom. The van der Waals surface area contributed by atoms with Crippen LogP contribution in [0.5, 0.6) is 5.75 Å². The number of hydrogen-bond acceptors (Lipinski definition) is 2. The van der Waals surface area contributed by atoms with Crippen molar-refractivity contribution in [2.45, 2.75) is 6.92 Å². The van der Waals surface area contributed by atoms with E-state index in [1.165, 1.54) is 12.1 Å². The highest BCUT2D eigenvalue weighted by Gasteiger charge is 2.12. The molecule has 0 aliphatic carbocycles. The molecule has 4 heteroatoms. The molecule has 0 bridgehead atoms. The topological polar surface area (TPSA) is 53.1 Å². The summed E-state index contributed by atoms with van der Waals surface area (Å²) in [6.45, 7) is 1.71. The Morgan fingerprint density at radius 3 is 2.60 bits per heavy atom. The van der Waals surface area contributed by atoms with Gasteiger partial charge in [-0.1, -0.05) is 18.2 Å². The second-order valence-corrected chi connectivity index (χ2v) is 4.66. The summed E-state index contributed by atoms with van der Waals surface area (Å²) in [6.07, 6.45) is 0. The maximum absolute atomic E-state index is 14.0. The standard InChI is InChI=1S/C16H12FNO2/c1-9-14(19)7-6-11-12(8-15(20)18-16(9)11)10-4-2-3-5-13(10)17/h2-8,19H,1H3,(H,18,20). The van der Waals surface area contributed by atoms with Gasteiger partial charge < -0.3 is 10.1 Å². The molecule has 0 atom stereocenters. The third kappa shape index (κ3) is 1.86. The first-order valence-corrected chi connectivity index (χ1v) is 6.18. The van der Waals surface area contributed by atoms with Crippen molar-refractivity contribution in [1.29, 1.82) is 0 Å². The lowest BCUT2D eigenvalue weighted by Crippen LogP contribution is -2.06. The summed E-state index contributed by atoms with van der Waals surface area (Å²) in [5, 5.41) is 10.4. The Hall–Kier alpha value is -2.62. The summed E-state index contributed by atoms with van der Waals surface area (Å²) in [5.74, 6) is -0.288. The van der Waals surface area contributed by atoms with Gasteiger partial charge in [0.15, 0.2) is 0 Å². The van der Waals surface area contributed by atoms with E-state index in [2.05, 4.69) is 4.98 Å². The van der Waals surface area contributed by atoms with Crippen LogP contribution in [-0.2, 0) is 0 Å². The van der Waals surface area contributed by atoms with Crippen molar-refractivity contribution < 1.29 is 9.50 Å². The van der Waals surface area contributed by atoms with E-state index in [4.69, 9.17) is 0 Å². The molecule has 1 aromatic heterocycles. The number of H-pyrrole nitrogens is 1. The first-order valence-electron chi connectivity index (χ1n) is 6.18. The Kier molecular flexibility index (Phi) is 2.79. The van der Waals surface area contributed by atoms with Gasteiger partial charge in [-0.25, -0.2) is 4.39 Å². The molecule has 100 valence electrons. The van der Waals surface area contributed by atoms with E-state index in [1.807, 2.05) is 0 Å². The largest absolute Gasteiger partial charge is 0.508 e. The fourth-order valence-corrected chi connectivity index (χ4v) is 2.36. The van der Waals surface area contributed by atoms with E-state index in [0.717, 1.165) is 0 Å². The molecule has 0 spiro atoms. The number of fused-ring (bicyclic) bond motifs is 1. The van der Waals surface area contributed by atoms with Crippen LogP contribution < -0.4 is 5.56 Å². The minimum atomic E-state index is -0.384. The monoisotopic (exact) mass is 269 g/mol. The molecule has 0 aliphatic heterocycles. The number of phenolic OH excluding ortho intramolecular Hbond substituents is 1. The van der Waals surface area contributed by atoms with Gasteiger partial charge in [0, 0.05) is 22.6 Å². The van der Waals surface area contributed by atoms with Crippen LogP contribution in [0.1, 0.15) is 5.56 Å². The van der Waals surface area contributed by atoms with Crippen molar-refractivity contribution in [2.24, 2.45) is 0 Å². The van der Waals surface area contributed by atoms with E-state index in [-0.39, 0.29) is 17.1 Å². The molecule has 3 rings (SSSR count). The lowest BCUT2D eigenvalue weighted by molar-refractivity contribution is 0.472. The number of aromatic amines is 1. The predicted molar refractivity (Wildman–Crippen MR) is 76.4 cm³/mol. The van der Waals surface area contributed by atoms with Crippen molar-refractivity contribution in [2.75, 3.05) is 0 Å². The molecule has 3 nitrogen and oxygen atoms in total. The Morgan fingerprint density at radius 1 is 1.10 bits per heavy atom. The van der Waals surface area contributed by atoms with Gasteiger partial charge in [0.1, 0.15) is 11.6 Å². The number of halogens is 1. The van der Waals surface area contributed by atoms with Crippen LogP contribution in [0.25, 0.3) is 22.0 Å². The van der Waals surface area contributed by atoms with Crippen LogP contribution >= 0.6 is 0 Å². The number of pyridine rings is 1. The van der Waals surface area contributed by atoms with Gasteiger partial charge in [-0.2, -0.15) is 0 Å². The van der Waals surface area contributed by atoms with Crippen LogP contribution in [0, 0.1) is 12.7 Å². The highest BCUT2D eigenvalue weighted by Crippen LogP contribution is 2.32. The Labute approximate surface area is 114 Å². The first kappa shape index (κ1) is 12.4. The number of nitrogens with one attached hydrogen (secondary N) is 1. The number of benzene rings is 2. The third-order valence-corrected chi connectivity index (χ3v) is 3.41. The lowest BCUT2D eigenvalue weighted by atomic mass is 9.99. The van der Waals surface area contributed by atoms with Crippen LogP contribution in [0.3, 0.4) is 0 Å². The van der Waals surface area contributed by atoms with Crippen LogP contribution in [-0.4, -0.2) is 10.1 Å². The van der Waals surface area contributed by atoms with Crippen molar-refractivity contribution >= 4 is 10.9 Å². The van der Waals surface area contributed by atoms with Gasteiger partial charge in [-0.05, 0) is 30.7 Å². The number of aromatic nitrogens is 1. The van der Waals surface area contributed by atoms with E-state index in [1.54, 1.807) is 37.3 Å². The maximum atomic E-state index is 14.0. The summed E-state index contributed by atoms with van der Waals surface area (Å²) in [7, 11) is 0. The molecule has 0 radical (unpaired) electrons. The Balaban J connectivity index is 2.46. The number of hydrogen-bond donors (Lipinski definition) is 2. The minimum absolute atomic E-state index is 0.0961. The number of phenols is 1. The van der Waals surface area contributed by atoms with E-state index in [0.29, 0.717) is 27.6 Å². The van der Waals surface area contributed by atoms with Crippen molar-refractivity contribution in [3.63, 3.8) is 0 Å². The minimum Gasteiger partial charge on any atom is -0.508 e. The van der Waals surface area contributed by atoms with Gasteiger partial charge in [-0.15, -0.1) is 0 Å². The molecule has 0 amide bonds. The second-order valence-electron chi connectivity index (χ2n) is 4.66. The van der Waals surface area contributed by atoms with E-state index >= 15 is 0 Å². The summed E-state index contributed by atoms with van der Waals surface area (Å²) in [6, 6.07) is 10.9. The van der Waals surface area contributed by atoms with Crippen molar-refractivity contribution in [3.8, 4) is 16.9 Å². The van der Waals surface area contributed by atoms with Crippen LogP contribution in [0.2, 0.25) is 0 Å². The molecule has 2 aromatic carbocycles. The van der Waals surface area contributed by atoms with Gasteiger partial charge in [-0.3, -0.25) is 4.79 Å². The molecule has 0 saturated carbocycles. The summed E-state index contributed by atoms with van der Waals surface area (Å²) < 4.78 is 14.0. The van der Waals surface area contributed by atoms with Crippen LogP contribution in [0.15, 0.2) is 47.3 Å². The quantitative estimate of drug-likeness (QED) is 0.711. The average molecular weight is 269 g/mol. The summed E-state index contributed by atoms with van der Waals surface area (Å²) >= 11 is 0. The van der Waals surface area contributed by atoms with Gasteiger partial charge in [0.05, 0.1) is 5.52 Å². The molecular formula is C16H12FNO2. The van der Waals surface area contributed by atoms with Crippen LogP contribution in [0.4, 0.5) is 4.39 Å². The fraction of sp³-hybridized carbons (Fsp3) is 0.0625. The van der Waals surface area contributed by atoms with E-state index < -0.39 is 0 Å². The highest BCUT2D eigenvalue weighted by molar-refractivity contribution is 5.96. The molecule has 1 heterocycles. The third-order valence-electron chi connectivity index (χ3n) is 3.41. The number of aryl methyl sites for hydroxylation is 1. The van der Waals surface area contributed by atoms with Gasteiger partial charge in [0.2, 0.25) is 5.56 Å². The average Bonchev–Trinajstić information content (AvgIpc) is 2.43. The zero-order valence-corrected chi connectivity index (χ0v) is 10.8. The number of aromatic hydroxyl groups is 1. The zero-order valence-electron chi connectivity index (χ0n) is 10.8. The second kappa shape index (κ2) is 4.49. The molecular weight excluding hydrogens is 257 g/mol. The maximum Gasteiger partial charge on any atom is 0.249 e. The van der Waals surface area contributed by atoms with Crippen molar-refractivity contribution in [3.05, 3.63) is 64.2 Å². The molecule has 0 fully saturated rings. The predicted octanol–water partition coefficient (Wildman–Crippen LogP) is 3.35. The molecule has 2 N–H and O–H groups in total. The molecule has 0 saturated heterocycles. The molecule has 20 heavy (non-hydrogen) atoms. The molecule has 0 aliphatic rings. The van der Waals surface area contributed by atoms with Crippen molar-refractivity contribution in [1.82, 2.24) is 4.98 Å². The first-order chi connectivity index (χ1) is 9.58. The summed E-state index contributed by atoms with van der Waals surface area (Å²) in [4.78, 5) is 14.5. The normalized spacial score (nSPS) is 10.9. The summed E-state index contributed by atoms with van der Waals surface area (Å²) in [5.41, 5.74) is 1.65. The van der Waals surface area contributed by atoms with Gasteiger partial charge >= 0.3 is 0 Å². The zero-order chi connectivity index (χ0) is 14.3.